The summed E-state index contributed by atoms with van der Waals surface area (Å²) in [6.45, 7) is 0. The van der Waals surface area contributed by atoms with Gasteiger partial charge in [-0.15, -0.1) is 0 Å². The fourth-order valence-electron chi connectivity index (χ4n) is 9.44. The number of amides is 4. The number of phenols is 1. The van der Waals surface area contributed by atoms with E-state index in [0.717, 1.165) is 10.5 Å². The number of rotatable bonds is 8. The summed E-state index contributed by atoms with van der Waals surface area (Å²) in [5.74, 6) is -6.76. The van der Waals surface area contributed by atoms with Gasteiger partial charge in [0.25, 0.3) is 0 Å². The molecule has 10 heteroatoms. The van der Waals surface area contributed by atoms with E-state index in [-0.39, 0.29) is 41.8 Å². The molecular formula is C47H36N2O8. The summed E-state index contributed by atoms with van der Waals surface area (Å²) >= 11 is 0. The van der Waals surface area contributed by atoms with Gasteiger partial charge in [-0.1, -0.05) is 84.4 Å². The van der Waals surface area contributed by atoms with Crippen LogP contribution < -0.4 is 14.5 Å². The molecule has 4 amide bonds. The van der Waals surface area contributed by atoms with Gasteiger partial charge in [-0.05, 0) is 73.4 Å². The SMILES string of the molecule is COc1cccc(C2C3=CCC4C(=O)N(c5ccc(C(=O)c6ccccc6)cc5)C(=O)C4C3CC3C(=O)N(c4ccc(C(=O)c5ccccc5)cc4)C(=O)C32)c1O. The van der Waals surface area contributed by atoms with Crippen LogP contribution in [-0.2, 0) is 19.2 Å². The molecule has 2 heterocycles. The second-order valence-electron chi connectivity index (χ2n) is 14.9. The van der Waals surface area contributed by atoms with E-state index in [1.165, 1.54) is 12.0 Å². The number of phenolic OH excluding ortho intramolecular Hbond substituents is 1. The molecule has 6 unspecified atom stereocenters. The normalized spacial score (nSPS) is 23.8. The average molecular weight is 757 g/mol. The van der Waals surface area contributed by atoms with Gasteiger partial charge in [0.05, 0.1) is 42.2 Å². The molecule has 2 saturated heterocycles. The van der Waals surface area contributed by atoms with Gasteiger partial charge in [0.2, 0.25) is 23.6 Å². The Morgan fingerprint density at radius 3 is 1.58 bits per heavy atom. The molecule has 57 heavy (non-hydrogen) atoms. The van der Waals surface area contributed by atoms with Crippen LogP contribution in [0.15, 0.2) is 139 Å². The van der Waals surface area contributed by atoms with E-state index < -0.39 is 53.2 Å². The van der Waals surface area contributed by atoms with Crippen LogP contribution in [0.5, 0.6) is 11.5 Å². The number of benzene rings is 5. The number of aromatic hydroxyl groups is 1. The molecule has 1 N–H and O–H groups in total. The molecule has 0 radical (unpaired) electrons. The second-order valence-corrected chi connectivity index (χ2v) is 14.9. The third-order valence-corrected chi connectivity index (χ3v) is 12.1. The quantitative estimate of drug-likeness (QED) is 0.103. The van der Waals surface area contributed by atoms with Crippen LogP contribution in [0.2, 0.25) is 0 Å². The lowest BCUT2D eigenvalue weighted by molar-refractivity contribution is -0.126. The highest BCUT2D eigenvalue weighted by Gasteiger charge is 2.62. The zero-order valence-electron chi connectivity index (χ0n) is 30.8. The largest absolute Gasteiger partial charge is 0.504 e. The lowest BCUT2D eigenvalue weighted by Crippen LogP contribution is -2.43. The number of ether oxygens (including phenoxy) is 1. The van der Waals surface area contributed by atoms with Gasteiger partial charge in [0, 0.05) is 33.7 Å². The van der Waals surface area contributed by atoms with Gasteiger partial charge in [-0.3, -0.25) is 38.6 Å². The molecule has 6 atom stereocenters. The average Bonchev–Trinajstić information content (AvgIpc) is 3.66. The standard InChI is InChI=1S/C47H36N2O8/c1-57-37-14-8-13-33(43(37)52)38-32-23-24-34-39(46(55)48(44(34)53)30-19-15-28(16-20-30)41(50)26-9-4-2-5-10-26)35(32)25-36-40(38)47(56)49(45(36)54)31-21-17-29(18-22-31)42(51)27-11-6-3-7-12-27/h2-23,34-36,38-40,52H,24-25H2,1H3. The van der Waals surface area contributed by atoms with Crippen molar-refractivity contribution >= 4 is 46.6 Å². The molecule has 4 aliphatic rings. The zero-order chi connectivity index (χ0) is 39.5. The number of anilines is 2. The Kier molecular flexibility index (Phi) is 8.76. The molecule has 3 fully saturated rings. The van der Waals surface area contributed by atoms with Crippen molar-refractivity contribution in [2.75, 3.05) is 16.9 Å². The number of hydrogen-bond acceptors (Lipinski definition) is 8. The van der Waals surface area contributed by atoms with E-state index in [1.54, 1.807) is 115 Å². The van der Waals surface area contributed by atoms with Gasteiger partial charge in [0.1, 0.15) is 0 Å². The van der Waals surface area contributed by atoms with Crippen molar-refractivity contribution in [1.82, 2.24) is 0 Å². The summed E-state index contributed by atoms with van der Waals surface area (Å²) in [6, 6.07) is 35.4. The molecule has 0 spiro atoms. The Balaban J connectivity index is 1.06. The topological polar surface area (TPSA) is 138 Å². The number of carbonyl (C=O) groups excluding carboxylic acids is 6. The Bertz CT molecular complexity index is 2510. The fourth-order valence-corrected chi connectivity index (χ4v) is 9.44. The van der Waals surface area contributed by atoms with Gasteiger partial charge < -0.3 is 9.84 Å². The van der Waals surface area contributed by atoms with Gasteiger partial charge in [0.15, 0.2) is 23.1 Å². The lowest BCUT2D eigenvalue weighted by Gasteiger charge is -2.44. The molecule has 5 aromatic rings. The number of imide groups is 2. The Morgan fingerprint density at radius 2 is 1.05 bits per heavy atom. The van der Waals surface area contributed by atoms with Crippen molar-refractivity contribution in [3.05, 3.63) is 167 Å². The van der Waals surface area contributed by atoms with Crippen molar-refractivity contribution < 1.29 is 38.6 Å². The minimum absolute atomic E-state index is 0.141. The van der Waals surface area contributed by atoms with Crippen molar-refractivity contribution in [2.24, 2.45) is 29.6 Å². The number of fused-ring (bicyclic) bond motifs is 4. The molecular weight excluding hydrogens is 721 g/mol. The molecule has 2 aliphatic carbocycles. The fraction of sp³-hybridized carbons (Fsp3) is 0.191. The molecule has 1 saturated carbocycles. The van der Waals surface area contributed by atoms with Crippen LogP contribution in [0.25, 0.3) is 0 Å². The maximum Gasteiger partial charge on any atom is 0.238 e. The molecule has 0 bridgehead atoms. The minimum atomic E-state index is -0.918. The smallest absolute Gasteiger partial charge is 0.238 e. The van der Waals surface area contributed by atoms with Crippen molar-refractivity contribution in [3.63, 3.8) is 0 Å². The maximum absolute atomic E-state index is 14.6. The van der Waals surface area contributed by atoms with Crippen LogP contribution in [0, 0.1) is 29.6 Å². The number of ketones is 2. The van der Waals surface area contributed by atoms with Crippen molar-refractivity contribution in [3.8, 4) is 11.5 Å². The number of allylic oxidation sites excluding steroid dienone is 2. The van der Waals surface area contributed by atoms with E-state index in [9.17, 15) is 33.9 Å². The molecule has 2 aliphatic heterocycles. The summed E-state index contributed by atoms with van der Waals surface area (Å²) in [5.41, 5.74) is 3.59. The van der Waals surface area contributed by atoms with Crippen molar-refractivity contribution in [1.29, 1.82) is 0 Å². The predicted molar refractivity (Wildman–Crippen MR) is 210 cm³/mol. The summed E-state index contributed by atoms with van der Waals surface area (Å²) < 4.78 is 5.45. The van der Waals surface area contributed by atoms with Crippen LogP contribution in [0.1, 0.15) is 56.2 Å². The van der Waals surface area contributed by atoms with E-state index in [4.69, 9.17) is 4.74 Å². The van der Waals surface area contributed by atoms with Crippen LogP contribution >= 0.6 is 0 Å². The molecule has 282 valence electrons. The van der Waals surface area contributed by atoms with Crippen LogP contribution in [0.3, 0.4) is 0 Å². The van der Waals surface area contributed by atoms with Crippen LogP contribution in [0.4, 0.5) is 11.4 Å². The zero-order valence-corrected chi connectivity index (χ0v) is 30.8. The van der Waals surface area contributed by atoms with Gasteiger partial charge in [-0.2, -0.15) is 0 Å². The summed E-state index contributed by atoms with van der Waals surface area (Å²) in [7, 11) is 1.43. The van der Waals surface area contributed by atoms with E-state index >= 15 is 0 Å². The third kappa shape index (κ3) is 5.70. The Morgan fingerprint density at radius 1 is 0.561 bits per heavy atom. The number of carbonyl (C=O) groups is 6. The van der Waals surface area contributed by atoms with Gasteiger partial charge >= 0.3 is 0 Å². The minimum Gasteiger partial charge on any atom is -0.504 e. The molecule has 0 aromatic heterocycles. The number of para-hydroxylation sites is 1. The monoisotopic (exact) mass is 756 g/mol. The Hall–Kier alpha value is -6.94. The second kappa shape index (κ2) is 14.0. The van der Waals surface area contributed by atoms with Crippen molar-refractivity contribution in [2.45, 2.75) is 18.8 Å². The summed E-state index contributed by atoms with van der Waals surface area (Å²) in [5, 5.41) is 11.5. The molecule has 9 rings (SSSR count). The first-order chi connectivity index (χ1) is 27.7. The molecule has 5 aromatic carbocycles. The Labute approximate surface area is 328 Å². The highest BCUT2D eigenvalue weighted by molar-refractivity contribution is 6.24. The highest BCUT2D eigenvalue weighted by atomic mass is 16.5. The van der Waals surface area contributed by atoms with E-state index in [0.29, 0.717) is 39.2 Å². The first-order valence-corrected chi connectivity index (χ1v) is 18.9. The van der Waals surface area contributed by atoms with Crippen LogP contribution in [-0.4, -0.2) is 47.4 Å². The third-order valence-electron chi connectivity index (χ3n) is 12.1. The molecule has 10 nitrogen and oxygen atoms in total. The number of nitrogens with zero attached hydrogens (tertiary/aromatic N) is 2. The maximum atomic E-state index is 14.6. The number of hydrogen-bond donors (Lipinski definition) is 1. The first-order valence-electron chi connectivity index (χ1n) is 18.9. The lowest BCUT2D eigenvalue weighted by atomic mass is 9.57. The van der Waals surface area contributed by atoms with E-state index in [2.05, 4.69) is 0 Å². The summed E-state index contributed by atoms with van der Waals surface area (Å²) in [4.78, 5) is 86.3. The first kappa shape index (κ1) is 35.7. The van der Waals surface area contributed by atoms with Gasteiger partial charge in [-0.25, -0.2) is 0 Å². The van der Waals surface area contributed by atoms with E-state index in [1.807, 2.05) is 18.2 Å². The highest BCUT2D eigenvalue weighted by Crippen LogP contribution is 2.60. The number of methoxy groups -OCH3 is 1. The predicted octanol–water partition coefficient (Wildman–Crippen LogP) is 6.91. The summed E-state index contributed by atoms with van der Waals surface area (Å²) in [6.07, 6.45) is 2.28.